The second kappa shape index (κ2) is 6.94. The topological polar surface area (TPSA) is 106 Å². The molecule has 0 fully saturated rings. The number of hydrogen-bond donors (Lipinski definition) is 3. The molecule has 0 saturated heterocycles. The molecule has 0 saturated carbocycles. The van der Waals surface area contributed by atoms with E-state index in [1.807, 2.05) is 0 Å². The van der Waals surface area contributed by atoms with Crippen molar-refractivity contribution in [1.29, 1.82) is 0 Å². The second-order valence-corrected chi connectivity index (χ2v) is 3.33. The molecule has 5 N–H and O–H groups in total. The minimum Gasteiger partial charge on any atom is -0.274 e. The van der Waals surface area contributed by atoms with E-state index in [0.717, 1.165) is 6.54 Å². The quantitative estimate of drug-likeness (QED) is 0.316. The number of nitrogens with two attached hydrogens (primary N) is 2. The largest absolute Gasteiger partial charge is 0.330 e. The molecule has 0 amide bonds. The zero-order valence-electron chi connectivity index (χ0n) is 5.24. The van der Waals surface area contributed by atoms with E-state index in [1.165, 1.54) is 31.6 Å². The summed E-state index contributed by atoms with van der Waals surface area (Å²) in [6, 6.07) is 0. The molecule has 52 valence electrons. The Labute approximate surface area is 72.1 Å². The molecule has 0 radical (unpaired) electrons. The van der Waals surface area contributed by atoms with Crippen molar-refractivity contribution in [3.05, 3.63) is 0 Å². The van der Waals surface area contributed by atoms with Gasteiger partial charge >= 0.3 is 54.2 Å². The summed E-state index contributed by atoms with van der Waals surface area (Å²) in [4.78, 5) is 0. The molecule has 0 spiro atoms. The van der Waals surface area contributed by atoms with Gasteiger partial charge in [0.05, 0.1) is 0 Å². The number of rotatable bonds is 1. The minimum absolute atomic E-state index is 0.881. The standard InChI is InChI=1S/C2H6N.H3NO3S.Na/c1-2-3;1-5(2,3)4;/h1-3H2;(H3,1,2,3,4);. The predicted molar refractivity (Wildman–Crippen MR) is 35.4 cm³/mol. The summed E-state index contributed by atoms with van der Waals surface area (Å²) in [5, 5.41) is 3.88. The van der Waals surface area contributed by atoms with Crippen LogP contribution >= 0.6 is 0 Å². The van der Waals surface area contributed by atoms with Crippen LogP contribution in [0, 0.1) is 0 Å². The maximum Gasteiger partial charge on any atom is 0.330 e. The van der Waals surface area contributed by atoms with Crippen LogP contribution in [0.5, 0.6) is 0 Å². The first-order valence-electron chi connectivity index (χ1n) is 2.37. The molecule has 0 aliphatic heterocycles. The Morgan fingerprint density at radius 3 is 1.67 bits per heavy atom. The molecule has 0 heterocycles. The van der Waals surface area contributed by atoms with Gasteiger partial charge in [-0.2, -0.15) is 8.42 Å². The number of hydrogen-bond acceptors (Lipinski definition) is 3. The van der Waals surface area contributed by atoms with Gasteiger partial charge in [0, 0.05) is 0 Å². The maximum absolute atomic E-state index is 8.97. The van der Waals surface area contributed by atoms with E-state index in [-0.39, 0.29) is 0 Å². The van der Waals surface area contributed by atoms with Crippen molar-refractivity contribution in [2.24, 2.45) is 10.9 Å². The van der Waals surface area contributed by atoms with Crippen LogP contribution in [0.3, 0.4) is 0 Å². The Morgan fingerprint density at radius 2 is 1.67 bits per heavy atom. The molecule has 0 aromatic carbocycles. The van der Waals surface area contributed by atoms with Gasteiger partial charge in [-0.3, -0.25) is 4.55 Å². The third-order valence-corrected chi connectivity index (χ3v) is 0.866. The summed E-state index contributed by atoms with van der Waals surface area (Å²) < 4.78 is 26.4. The summed E-state index contributed by atoms with van der Waals surface area (Å²) in [6.07, 6.45) is 0. The Bertz CT molecular complexity index is 123. The Morgan fingerprint density at radius 1 is 1.56 bits per heavy atom. The van der Waals surface area contributed by atoms with Crippen molar-refractivity contribution in [2.75, 3.05) is 6.54 Å². The van der Waals surface area contributed by atoms with Crippen molar-refractivity contribution in [1.82, 2.24) is 0 Å². The van der Waals surface area contributed by atoms with Crippen LogP contribution in [0.15, 0.2) is 0 Å². The van der Waals surface area contributed by atoms with Gasteiger partial charge in [-0.15, -0.1) is 0 Å². The van der Waals surface area contributed by atoms with Crippen LogP contribution in [0.1, 0.15) is 0 Å². The molecule has 0 unspecified atom stereocenters. The van der Waals surface area contributed by atoms with Gasteiger partial charge in [-0.05, 0) is 0 Å². The van der Waals surface area contributed by atoms with E-state index < -0.39 is 10.3 Å². The van der Waals surface area contributed by atoms with Crippen molar-refractivity contribution in [2.45, 2.75) is 3.67 Å². The van der Waals surface area contributed by atoms with E-state index in [9.17, 15) is 0 Å². The van der Waals surface area contributed by atoms with E-state index in [1.54, 1.807) is 0 Å². The van der Waals surface area contributed by atoms with E-state index in [4.69, 9.17) is 18.7 Å². The normalized spacial score (nSPS) is 9.89. The van der Waals surface area contributed by atoms with E-state index >= 15 is 0 Å². The van der Waals surface area contributed by atoms with E-state index in [0.29, 0.717) is 0 Å². The Hall–Kier alpha value is 0.830. The summed E-state index contributed by atoms with van der Waals surface area (Å²) in [5.41, 5.74) is 5.06. The van der Waals surface area contributed by atoms with Gasteiger partial charge in [-0.25, -0.2) is 5.14 Å². The Kier molecular flexibility index (Phi) is 9.64. The molecule has 0 bridgehead atoms. The first-order valence-corrected chi connectivity index (χ1v) is 5.28. The van der Waals surface area contributed by atoms with Crippen molar-refractivity contribution < 1.29 is 13.0 Å². The third kappa shape index (κ3) is 123. The first-order chi connectivity index (χ1) is 3.91. The zero-order valence-corrected chi connectivity index (χ0v) is 8.06. The average molecular weight is 164 g/mol. The SMILES string of the molecule is NC[CH2][Na].NS(=O)(=O)O. The van der Waals surface area contributed by atoms with Crippen LogP contribution in [0.25, 0.3) is 0 Å². The molecule has 0 aromatic heterocycles. The van der Waals surface area contributed by atoms with Gasteiger partial charge in [0.25, 0.3) is 0 Å². The third-order valence-electron chi connectivity index (χ3n) is 0.289. The molecule has 0 aromatic rings. The molecule has 0 rings (SSSR count). The van der Waals surface area contributed by atoms with Crippen LogP contribution in [-0.4, -0.2) is 47.4 Å². The predicted octanol–water partition coefficient (Wildman–Crippen LogP) is -1.72. The smallest absolute Gasteiger partial charge is 0.274 e. The summed E-state index contributed by atoms with van der Waals surface area (Å²) in [7, 11) is -4.17. The summed E-state index contributed by atoms with van der Waals surface area (Å²) >= 11 is 1.26. The van der Waals surface area contributed by atoms with Crippen molar-refractivity contribution >= 4 is 38.2 Å². The molecule has 7 heteroatoms. The molecule has 0 aliphatic rings. The Balaban J connectivity index is 0. The second-order valence-electron chi connectivity index (χ2n) is 1.30. The fourth-order valence-electron chi connectivity index (χ4n) is 0. The van der Waals surface area contributed by atoms with Crippen LogP contribution in [0.4, 0.5) is 0 Å². The molecular weight excluding hydrogens is 155 g/mol. The maximum atomic E-state index is 8.97. The van der Waals surface area contributed by atoms with Gasteiger partial charge in [-0.1, -0.05) is 0 Å². The van der Waals surface area contributed by atoms with Gasteiger partial charge in [0.1, 0.15) is 0 Å². The minimum atomic E-state index is -4.17. The van der Waals surface area contributed by atoms with Crippen LogP contribution in [-0.2, 0) is 10.3 Å². The molecular formula is C2H9N2NaO3S. The van der Waals surface area contributed by atoms with Crippen LogP contribution < -0.4 is 10.9 Å². The summed E-state index contributed by atoms with van der Waals surface area (Å²) in [5.74, 6) is 0. The van der Waals surface area contributed by atoms with Crippen LogP contribution in [0.2, 0.25) is 3.67 Å². The fraction of sp³-hybridized carbons (Fsp3) is 1.00. The fourth-order valence-corrected chi connectivity index (χ4v) is 0. The van der Waals surface area contributed by atoms with Gasteiger partial charge in [0.15, 0.2) is 0 Å². The zero-order chi connectivity index (χ0) is 7.91. The van der Waals surface area contributed by atoms with Crippen molar-refractivity contribution in [3.8, 4) is 0 Å². The first kappa shape index (κ1) is 12.5. The molecule has 0 atom stereocenters. The molecule has 0 aliphatic carbocycles. The molecule has 9 heavy (non-hydrogen) atoms. The average Bonchev–Trinajstić information content (AvgIpc) is 1.61. The van der Waals surface area contributed by atoms with Crippen molar-refractivity contribution in [3.63, 3.8) is 0 Å². The van der Waals surface area contributed by atoms with E-state index in [2.05, 4.69) is 5.14 Å². The molecule has 5 nitrogen and oxygen atoms in total. The van der Waals surface area contributed by atoms with Gasteiger partial charge < -0.3 is 0 Å². The summed E-state index contributed by atoms with van der Waals surface area (Å²) in [6.45, 7) is 0.881. The monoisotopic (exact) mass is 164 g/mol. The van der Waals surface area contributed by atoms with Gasteiger partial charge in [0.2, 0.25) is 0 Å².